The first-order valence-electron chi connectivity index (χ1n) is 6.16. The maximum Gasteiger partial charge on any atom is 0.403 e. The van der Waals surface area contributed by atoms with Gasteiger partial charge in [0.05, 0.1) is 6.54 Å². The van der Waals surface area contributed by atoms with Crippen molar-refractivity contribution in [2.75, 3.05) is 26.2 Å². The standard InChI is InChI=1S/C11H15F5N2O3/c12-7(13)6-18-3-1-10(2-4-18,11(14,15)16)9(21)17-5-8(19)20/h7H,1-6H2,(H,17,21)(H,19,20). The number of hydrogen-bond donors (Lipinski definition) is 2. The molecule has 1 aliphatic heterocycles. The van der Waals surface area contributed by atoms with Gasteiger partial charge in [-0.1, -0.05) is 0 Å². The summed E-state index contributed by atoms with van der Waals surface area (Å²) in [7, 11) is 0. The number of nitrogens with zero attached hydrogens (tertiary/aromatic N) is 1. The molecule has 0 aromatic heterocycles. The molecule has 0 aliphatic carbocycles. The highest BCUT2D eigenvalue weighted by Crippen LogP contribution is 2.46. The van der Waals surface area contributed by atoms with Crippen LogP contribution in [-0.4, -0.2) is 60.7 Å². The predicted octanol–water partition coefficient (Wildman–Crippen LogP) is 1.10. The minimum Gasteiger partial charge on any atom is -0.480 e. The number of carboxylic acids is 1. The molecule has 1 fully saturated rings. The molecule has 0 aromatic rings. The lowest BCUT2D eigenvalue weighted by Crippen LogP contribution is -2.57. The molecule has 1 aliphatic rings. The van der Waals surface area contributed by atoms with Crippen LogP contribution in [0.3, 0.4) is 0 Å². The summed E-state index contributed by atoms with van der Waals surface area (Å²) in [5.41, 5.74) is -2.72. The van der Waals surface area contributed by atoms with Gasteiger partial charge in [-0.15, -0.1) is 0 Å². The zero-order valence-corrected chi connectivity index (χ0v) is 10.9. The van der Waals surface area contributed by atoms with Gasteiger partial charge < -0.3 is 10.4 Å². The number of amides is 1. The Balaban J connectivity index is 2.79. The third-order valence-electron chi connectivity index (χ3n) is 3.48. The number of alkyl halides is 5. The van der Waals surface area contributed by atoms with Crippen molar-refractivity contribution >= 4 is 11.9 Å². The van der Waals surface area contributed by atoms with Crippen molar-refractivity contribution in [3.63, 3.8) is 0 Å². The zero-order valence-electron chi connectivity index (χ0n) is 10.9. The molecule has 5 nitrogen and oxygen atoms in total. The Morgan fingerprint density at radius 2 is 1.76 bits per heavy atom. The topological polar surface area (TPSA) is 69.6 Å². The van der Waals surface area contributed by atoms with Crippen LogP contribution in [0.4, 0.5) is 22.0 Å². The molecule has 21 heavy (non-hydrogen) atoms. The number of halogens is 5. The Morgan fingerprint density at radius 3 is 2.14 bits per heavy atom. The summed E-state index contributed by atoms with van der Waals surface area (Å²) in [6.07, 6.45) is -8.88. The molecule has 1 saturated heterocycles. The third-order valence-corrected chi connectivity index (χ3v) is 3.48. The Bertz CT molecular complexity index is 392. The van der Waals surface area contributed by atoms with E-state index < -0.39 is 55.8 Å². The summed E-state index contributed by atoms with van der Waals surface area (Å²) >= 11 is 0. The van der Waals surface area contributed by atoms with Gasteiger partial charge in [0.15, 0.2) is 0 Å². The molecule has 0 saturated carbocycles. The SMILES string of the molecule is O=C(O)CNC(=O)C1(C(F)(F)F)CCN(CC(F)F)CC1. The van der Waals surface area contributed by atoms with Gasteiger partial charge in [-0.2, -0.15) is 13.2 Å². The van der Waals surface area contributed by atoms with E-state index in [0.717, 1.165) is 4.90 Å². The average molecular weight is 318 g/mol. The highest BCUT2D eigenvalue weighted by molar-refractivity contribution is 5.86. The summed E-state index contributed by atoms with van der Waals surface area (Å²) in [5, 5.41) is 10.1. The lowest BCUT2D eigenvalue weighted by atomic mass is 9.76. The fraction of sp³-hybridized carbons (Fsp3) is 0.818. The fourth-order valence-electron chi connectivity index (χ4n) is 2.28. The third kappa shape index (κ3) is 4.26. The summed E-state index contributed by atoms with van der Waals surface area (Å²) in [4.78, 5) is 23.2. The average Bonchev–Trinajstić information content (AvgIpc) is 2.34. The van der Waals surface area contributed by atoms with Gasteiger partial charge in [-0.3, -0.25) is 14.5 Å². The van der Waals surface area contributed by atoms with Crippen LogP contribution >= 0.6 is 0 Å². The zero-order chi connectivity index (χ0) is 16.3. The van der Waals surface area contributed by atoms with Gasteiger partial charge in [0.25, 0.3) is 6.43 Å². The molecule has 1 rings (SSSR count). The summed E-state index contributed by atoms with van der Waals surface area (Å²) < 4.78 is 64.0. The van der Waals surface area contributed by atoms with Crippen molar-refractivity contribution < 1.29 is 36.6 Å². The quantitative estimate of drug-likeness (QED) is 0.745. The maximum absolute atomic E-state index is 13.2. The van der Waals surface area contributed by atoms with E-state index in [4.69, 9.17) is 5.11 Å². The monoisotopic (exact) mass is 318 g/mol. The number of nitrogens with one attached hydrogen (secondary N) is 1. The van der Waals surface area contributed by atoms with E-state index in [1.165, 1.54) is 0 Å². The van der Waals surface area contributed by atoms with E-state index >= 15 is 0 Å². The van der Waals surface area contributed by atoms with Crippen LogP contribution in [0.25, 0.3) is 0 Å². The first-order chi connectivity index (χ1) is 9.58. The molecule has 1 heterocycles. The molecule has 0 atom stereocenters. The normalized spacial score (nSPS) is 19.5. The Kier molecular flexibility index (Phi) is 5.48. The number of likely N-dealkylation sites (tertiary alicyclic amines) is 1. The van der Waals surface area contributed by atoms with Crippen molar-refractivity contribution in [1.82, 2.24) is 10.2 Å². The van der Waals surface area contributed by atoms with E-state index in [2.05, 4.69) is 0 Å². The number of carbonyl (C=O) groups is 2. The van der Waals surface area contributed by atoms with E-state index in [9.17, 15) is 31.5 Å². The van der Waals surface area contributed by atoms with Gasteiger partial charge in [-0.25, -0.2) is 8.78 Å². The second kappa shape index (κ2) is 6.54. The van der Waals surface area contributed by atoms with Crippen LogP contribution in [0.2, 0.25) is 0 Å². The van der Waals surface area contributed by atoms with Crippen molar-refractivity contribution in [2.24, 2.45) is 5.41 Å². The predicted molar refractivity (Wildman–Crippen MR) is 60.8 cm³/mol. The minimum atomic E-state index is -4.87. The highest BCUT2D eigenvalue weighted by Gasteiger charge is 2.60. The number of hydrogen-bond acceptors (Lipinski definition) is 3. The van der Waals surface area contributed by atoms with E-state index in [0.29, 0.717) is 0 Å². The Labute approximate surface area is 117 Å². The number of rotatable bonds is 5. The van der Waals surface area contributed by atoms with Gasteiger partial charge in [0.2, 0.25) is 5.91 Å². The minimum absolute atomic E-state index is 0.301. The summed E-state index contributed by atoms with van der Waals surface area (Å²) in [5.74, 6) is -2.88. The summed E-state index contributed by atoms with van der Waals surface area (Å²) in [6.45, 7) is -2.17. The molecule has 0 bridgehead atoms. The Morgan fingerprint density at radius 1 is 1.24 bits per heavy atom. The smallest absolute Gasteiger partial charge is 0.403 e. The van der Waals surface area contributed by atoms with Crippen LogP contribution in [0.1, 0.15) is 12.8 Å². The van der Waals surface area contributed by atoms with Gasteiger partial charge in [0.1, 0.15) is 12.0 Å². The lowest BCUT2D eigenvalue weighted by Gasteiger charge is -2.41. The Hall–Kier alpha value is -1.45. The first-order valence-corrected chi connectivity index (χ1v) is 6.16. The van der Waals surface area contributed by atoms with Gasteiger partial charge >= 0.3 is 12.1 Å². The lowest BCUT2D eigenvalue weighted by molar-refractivity contribution is -0.233. The molecular weight excluding hydrogens is 303 g/mol. The number of carboxylic acid groups (broad SMARTS) is 1. The number of aliphatic carboxylic acids is 1. The van der Waals surface area contributed by atoms with Crippen molar-refractivity contribution in [3.8, 4) is 0 Å². The van der Waals surface area contributed by atoms with Crippen molar-refractivity contribution in [3.05, 3.63) is 0 Å². The van der Waals surface area contributed by atoms with Crippen molar-refractivity contribution in [2.45, 2.75) is 25.4 Å². The largest absolute Gasteiger partial charge is 0.480 e. The molecule has 0 aromatic carbocycles. The first kappa shape index (κ1) is 17.6. The van der Waals surface area contributed by atoms with Crippen molar-refractivity contribution in [1.29, 1.82) is 0 Å². The highest BCUT2D eigenvalue weighted by atomic mass is 19.4. The van der Waals surface area contributed by atoms with E-state index in [-0.39, 0.29) is 13.1 Å². The molecule has 0 radical (unpaired) electrons. The van der Waals surface area contributed by atoms with Gasteiger partial charge in [0, 0.05) is 0 Å². The second-order valence-electron chi connectivity index (χ2n) is 4.85. The molecule has 2 N–H and O–H groups in total. The number of carbonyl (C=O) groups excluding carboxylic acids is 1. The van der Waals surface area contributed by atoms with Crippen LogP contribution in [0.5, 0.6) is 0 Å². The van der Waals surface area contributed by atoms with Crippen LogP contribution < -0.4 is 5.32 Å². The van der Waals surface area contributed by atoms with Crippen LogP contribution in [0.15, 0.2) is 0 Å². The van der Waals surface area contributed by atoms with E-state index in [1.54, 1.807) is 5.32 Å². The summed E-state index contributed by atoms with van der Waals surface area (Å²) in [6, 6.07) is 0. The van der Waals surface area contributed by atoms with E-state index in [1.807, 2.05) is 0 Å². The van der Waals surface area contributed by atoms with Crippen LogP contribution in [-0.2, 0) is 9.59 Å². The van der Waals surface area contributed by atoms with Crippen LogP contribution in [0, 0.1) is 5.41 Å². The number of piperidine rings is 1. The maximum atomic E-state index is 13.2. The molecular formula is C11H15F5N2O3. The second-order valence-corrected chi connectivity index (χ2v) is 4.85. The molecule has 0 unspecified atom stereocenters. The molecule has 1 amide bonds. The molecule has 0 spiro atoms. The fourth-order valence-corrected chi connectivity index (χ4v) is 2.28. The molecule has 10 heteroatoms. The van der Waals surface area contributed by atoms with Gasteiger partial charge in [-0.05, 0) is 25.9 Å². The molecule has 122 valence electrons.